The van der Waals surface area contributed by atoms with Crippen molar-refractivity contribution in [2.75, 3.05) is 5.32 Å². The topological polar surface area (TPSA) is 59.8 Å². The zero-order valence-electron chi connectivity index (χ0n) is 12.1. The summed E-state index contributed by atoms with van der Waals surface area (Å²) < 4.78 is 2.48. The predicted molar refractivity (Wildman–Crippen MR) is 93.5 cm³/mol. The second-order valence-electron chi connectivity index (χ2n) is 4.95. The maximum Gasteiger partial charge on any atom is 0.257 e. The smallest absolute Gasteiger partial charge is 0.257 e. The molecule has 1 aromatic carbocycles. The lowest BCUT2D eigenvalue weighted by Crippen LogP contribution is -2.12. The van der Waals surface area contributed by atoms with Crippen molar-refractivity contribution in [2.45, 2.75) is 0 Å². The minimum absolute atomic E-state index is 0.248. The summed E-state index contributed by atoms with van der Waals surface area (Å²) in [7, 11) is 1.84. The number of benzene rings is 1. The Labute approximate surface area is 146 Å². The molecule has 3 rings (SSSR count). The summed E-state index contributed by atoms with van der Waals surface area (Å²) in [6.07, 6.45) is 6.82. The summed E-state index contributed by atoms with van der Waals surface area (Å²) in [5.74, 6) is -0.248. The second kappa shape index (κ2) is 6.52. The van der Waals surface area contributed by atoms with Crippen molar-refractivity contribution in [3.8, 4) is 11.1 Å². The van der Waals surface area contributed by atoms with Gasteiger partial charge in [-0.3, -0.25) is 14.5 Å². The van der Waals surface area contributed by atoms with Crippen LogP contribution < -0.4 is 5.32 Å². The molecule has 0 saturated carbocycles. The third kappa shape index (κ3) is 3.60. The van der Waals surface area contributed by atoms with Gasteiger partial charge in [0.1, 0.15) is 0 Å². The molecular weight excluding hydrogens is 380 g/mol. The number of pyridine rings is 1. The van der Waals surface area contributed by atoms with Crippen LogP contribution in [0.5, 0.6) is 0 Å². The third-order valence-corrected chi connectivity index (χ3v) is 4.45. The SMILES string of the molecule is Cn1cc(-c2cncc(C(=O)Nc3ccc(Br)c(Cl)c3)c2)cn1. The molecule has 0 unspecified atom stereocenters. The average molecular weight is 392 g/mol. The van der Waals surface area contributed by atoms with Crippen LogP contribution in [0, 0.1) is 0 Å². The molecule has 0 bridgehead atoms. The quantitative estimate of drug-likeness (QED) is 0.729. The van der Waals surface area contributed by atoms with Gasteiger partial charge in [-0.15, -0.1) is 0 Å². The molecule has 7 heteroatoms. The van der Waals surface area contributed by atoms with E-state index in [1.807, 2.05) is 13.2 Å². The minimum Gasteiger partial charge on any atom is -0.322 e. The number of aryl methyl sites for hydroxylation is 1. The van der Waals surface area contributed by atoms with Crippen LogP contribution in [0.1, 0.15) is 10.4 Å². The Balaban J connectivity index is 1.83. The Bertz CT molecular complexity index is 878. The first-order valence-electron chi connectivity index (χ1n) is 6.73. The third-order valence-electron chi connectivity index (χ3n) is 3.22. The van der Waals surface area contributed by atoms with E-state index in [0.717, 1.165) is 15.6 Å². The number of hydrogen-bond acceptors (Lipinski definition) is 3. The fourth-order valence-corrected chi connectivity index (χ4v) is 2.50. The Morgan fingerprint density at radius 2 is 2.04 bits per heavy atom. The number of halogens is 2. The fourth-order valence-electron chi connectivity index (χ4n) is 2.07. The van der Waals surface area contributed by atoms with Crippen LogP contribution in [0.15, 0.2) is 53.5 Å². The molecule has 1 N–H and O–H groups in total. The van der Waals surface area contributed by atoms with Crippen molar-refractivity contribution in [2.24, 2.45) is 7.05 Å². The zero-order valence-corrected chi connectivity index (χ0v) is 14.5. The number of anilines is 1. The van der Waals surface area contributed by atoms with E-state index in [1.54, 1.807) is 41.3 Å². The first-order chi connectivity index (χ1) is 11.0. The predicted octanol–water partition coefficient (Wildman–Crippen LogP) is 4.15. The Morgan fingerprint density at radius 3 is 2.74 bits per heavy atom. The van der Waals surface area contributed by atoms with Gasteiger partial charge in [-0.05, 0) is 40.2 Å². The molecular formula is C16H12BrClN4O. The minimum atomic E-state index is -0.248. The number of nitrogens with zero attached hydrogens (tertiary/aromatic N) is 3. The molecule has 1 amide bonds. The highest BCUT2D eigenvalue weighted by atomic mass is 79.9. The number of carbonyl (C=O) groups is 1. The molecule has 0 saturated heterocycles. The summed E-state index contributed by atoms with van der Waals surface area (Å²) in [6.45, 7) is 0. The number of amides is 1. The van der Waals surface area contributed by atoms with Crippen molar-refractivity contribution in [3.05, 3.63) is 64.1 Å². The first-order valence-corrected chi connectivity index (χ1v) is 7.90. The lowest BCUT2D eigenvalue weighted by atomic mass is 10.1. The molecule has 0 atom stereocenters. The maximum absolute atomic E-state index is 12.4. The van der Waals surface area contributed by atoms with Gasteiger partial charge in [-0.2, -0.15) is 5.10 Å². The van der Waals surface area contributed by atoms with Gasteiger partial charge in [0, 0.05) is 46.9 Å². The monoisotopic (exact) mass is 390 g/mol. The van der Waals surface area contributed by atoms with Crippen molar-refractivity contribution in [3.63, 3.8) is 0 Å². The largest absolute Gasteiger partial charge is 0.322 e. The van der Waals surface area contributed by atoms with Crippen LogP contribution in [0.25, 0.3) is 11.1 Å². The molecule has 5 nitrogen and oxygen atoms in total. The van der Waals surface area contributed by atoms with Crippen LogP contribution in [0.2, 0.25) is 5.02 Å². The molecule has 2 heterocycles. The van der Waals surface area contributed by atoms with Crippen molar-refractivity contribution < 1.29 is 4.79 Å². The number of carbonyl (C=O) groups excluding carboxylic acids is 1. The van der Waals surface area contributed by atoms with Crippen molar-refractivity contribution in [1.29, 1.82) is 0 Å². The number of nitrogens with one attached hydrogen (secondary N) is 1. The molecule has 3 aromatic rings. The zero-order chi connectivity index (χ0) is 16.4. The number of hydrogen-bond donors (Lipinski definition) is 1. The van der Waals surface area contributed by atoms with E-state index in [0.29, 0.717) is 16.3 Å². The lowest BCUT2D eigenvalue weighted by molar-refractivity contribution is 0.102. The summed E-state index contributed by atoms with van der Waals surface area (Å²) in [5, 5.41) is 7.46. The van der Waals surface area contributed by atoms with Gasteiger partial charge in [-0.25, -0.2) is 0 Å². The van der Waals surface area contributed by atoms with Gasteiger partial charge in [0.15, 0.2) is 0 Å². The summed E-state index contributed by atoms with van der Waals surface area (Å²) in [5.41, 5.74) is 2.82. The van der Waals surface area contributed by atoms with Crippen LogP contribution in [0.4, 0.5) is 5.69 Å². The van der Waals surface area contributed by atoms with E-state index in [1.165, 1.54) is 6.20 Å². The summed E-state index contributed by atoms with van der Waals surface area (Å²) in [6, 6.07) is 7.01. The van der Waals surface area contributed by atoms with E-state index >= 15 is 0 Å². The molecule has 0 aliphatic carbocycles. The molecule has 0 radical (unpaired) electrons. The van der Waals surface area contributed by atoms with Crippen molar-refractivity contribution >= 4 is 39.1 Å². The van der Waals surface area contributed by atoms with Gasteiger partial charge in [0.2, 0.25) is 0 Å². The molecule has 0 spiro atoms. The maximum atomic E-state index is 12.4. The van der Waals surface area contributed by atoms with Gasteiger partial charge >= 0.3 is 0 Å². The van der Waals surface area contributed by atoms with E-state index in [-0.39, 0.29) is 5.91 Å². The Kier molecular flexibility index (Phi) is 4.45. The Hall–Kier alpha value is -2.18. The van der Waals surface area contributed by atoms with Crippen LogP contribution in [-0.4, -0.2) is 20.7 Å². The van der Waals surface area contributed by atoms with E-state index in [2.05, 4.69) is 31.3 Å². The fraction of sp³-hybridized carbons (Fsp3) is 0.0625. The molecule has 0 fully saturated rings. The van der Waals surface area contributed by atoms with Crippen LogP contribution in [0.3, 0.4) is 0 Å². The van der Waals surface area contributed by atoms with E-state index in [9.17, 15) is 4.79 Å². The van der Waals surface area contributed by atoms with E-state index in [4.69, 9.17) is 11.6 Å². The first kappa shape index (κ1) is 15.7. The van der Waals surface area contributed by atoms with Gasteiger partial charge in [-0.1, -0.05) is 11.6 Å². The molecule has 0 aliphatic heterocycles. The highest BCUT2D eigenvalue weighted by Gasteiger charge is 2.10. The normalized spacial score (nSPS) is 10.6. The van der Waals surface area contributed by atoms with Gasteiger partial charge in [0.05, 0.1) is 16.8 Å². The number of rotatable bonds is 3. The number of aromatic nitrogens is 3. The summed E-state index contributed by atoms with van der Waals surface area (Å²) >= 11 is 9.35. The standard InChI is InChI=1S/C16H12BrClN4O/c1-22-9-12(8-20-22)10-4-11(7-19-6-10)16(23)21-13-2-3-14(17)15(18)5-13/h2-9H,1H3,(H,21,23). The van der Waals surface area contributed by atoms with Crippen molar-refractivity contribution in [1.82, 2.24) is 14.8 Å². The lowest BCUT2D eigenvalue weighted by Gasteiger charge is -2.07. The highest BCUT2D eigenvalue weighted by Crippen LogP contribution is 2.26. The van der Waals surface area contributed by atoms with Crippen LogP contribution >= 0.6 is 27.5 Å². The summed E-state index contributed by atoms with van der Waals surface area (Å²) in [4.78, 5) is 16.5. The second-order valence-corrected chi connectivity index (χ2v) is 6.21. The Morgan fingerprint density at radius 1 is 1.22 bits per heavy atom. The van der Waals surface area contributed by atoms with Gasteiger partial charge < -0.3 is 5.32 Å². The molecule has 23 heavy (non-hydrogen) atoms. The highest BCUT2D eigenvalue weighted by molar-refractivity contribution is 9.10. The van der Waals surface area contributed by atoms with Gasteiger partial charge in [0.25, 0.3) is 5.91 Å². The van der Waals surface area contributed by atoms with Crippen LogP contribution in [-0.2, 0) is 7.05 Å². The molecule has 2 aromatic heterocycles. The molecule has 0 aliphatic rings. The average Bonchev–Trinajstić information content (AvgIpc) is 2.98. The van der Waals surface area contributed by atoms with E-state index < -0.39 is 0 Å². The molecule has 116 valence electrons.